The molecule has 1 saturated carbocycles. The first kappa shape index (κ1) is 11.7. The Bertz CT molecular complexity index is 386. The van der Waals surface area contributed by atoms with Gasteiger partial charge in [0.15, 0.2) is 0 Å². The molecule has 1 aliphatic carbocycles. The maximum absolute atomic E-state index is 11.8. The molecule has 2 rings (SSSR count). The molecular formula is C12H18N4O. The average molecular weight is 234 g/mol. The van der Waals surface area contributed by atoms with Crippen molar-refractivity contribution in [1.82, 2.24) is 10.3 Å². The lowest BCUT2D eigenvalue weighted by Crippen LogP contribution is -2.38. The number of hydrogen-bond acceptors (Lipinski definition) is 3. The Balaban J connectivity index is 1.97. The highest BCUT2D eigenvalue weighted by Gasteiger charge is 2.25. The van der Waals surface area contributed by atoms with Gasteiger partial charge in [0.05, 0.1) is 11.9 Å². The molecule has 0 bridgehead atoms. The third-order valence-corrected chi connectivity index (χ3v) is 2.70. The molecule has 0 unspecified atom stereocenters. The molecule has 17 heavy (non-hydrogen) atoms. The van der Waals surface area contributed by atoms with E-state index in [1.165, 1.54) is 0 Å². The first-order valence-corrected chi connectivity index (χ1v) is 5.95. The number of carbonyl (C=O) groups excluding carboxylic acids is 1. The summed E-state index contributed by atoms with van der Waals surface area (Å²) in [6.45, 7) is 2.86. The number of rotatable bonds is 4. The first-order chi connectivity index (χ1) is 8.20. The fourth-order valence-corrected chi connectivity index (χ4v) is 1.49. The van der Waals surface area contributed by atoms with Crippen LogP contribution in [-0.4, -0.2) is 30.6 Å². The molecule has 1 aromatic heterocycles. The summed E-state index contributed by atoms with van der Waals surface area (Å²) in [5, 5.41) is 6.05. The van der Waals surface area contributed by atoms with Crippen molar-refractivity contribution >= 4 is 17.5 Å². The molecular weight excluding hydrogens is 216 g/mol. The summed E-state index contributed by atoms with van der Waals surface area (Å²) < 4.78 is 0. The second kappa shape index (κ2) is 5.03. The molecule has 92 valence electrons. The minimum atomic E-state index is -0.0644. The van der Waals surface area contributed by atoms with E-state index < -0.39 is 0 Å². The Labute approximate surface area is 101 Å². The SMILES string of the molecule is CCNc1ccc(N(C)C(=O)NC2CC2)cn1. The van der Waals surface area contributed by atoms with Crippen molar-refractivity contribution in [3.8, 4) is 0 Å². The largest absolute Gasteiger partial charge is 0.370 e. The highest BCUT2D eigenvalue weighted by atomic mass is 16.2. The number of nitrogens with one attached hydrogen (secondary N) is 2. The number of amides is 2. The monoisotopic (exact) mass is 234 g/mol. The summed E-state index contributed by atoms with van der Waals surface area (Å²) in [6, 6.07) is 4.07. The van der Waals surface area contributed by atoms with E-state index in [9.17, 15) is 4.79 Å². The van der Waals surface area contributed by atoms with E-state index in [1.54, 1.807) is 18.1 Å². The zero-order valence-corrected chi connectivity index (χ0v) is 10.2. The standard InChI is InChI=1S/C12H18N4O/c1-3-13-11-7-6-10(8-14-11)16(2)12(17)15-9-4-5-9/h6-9H,3-5H2,1-2H3,(H,13,14)(H,15,17). The van der Waals surface area contributed by atoms with Gasteiger partial charge in [0.25, 0.3) is 0 Å². The molecule has 5 heteroatoms. The van der Waals surface area contributed by atoms with Crippen LogP contribution in [0.4, 0.5) is 16.3 Å². The van der Waals surface area contributed by atoms with Crippen molar-refractivity contribution in [1.29, 1.82) is 0 Å². The lowest BCUT2D eigenvalue weighted by molar-refractivity contribution is 0.247. The molecule has 0 atom stereocenters. The fourth-order valence-electron chi connectivity index (χ4n) is 1.49. The van der Waals surface area contributed by atoms with Gasteiger partial charge in [0.2, 0.25) is 0 Å². The van der Waals surface area contributed by atoms with Gasteiger partial charge in [-0.3, -0.25) is 4.90 Å². The zero-order valence-electron chi connectivity index (χ0n) is 10.2. The first-order valence-electron chi connectivity index (χ1n) is 5.95. The summed E-state index contributed by atoms with van der Waals surface area (Å²) in [5.74, 6) is 0.826. The minimum Gasteiger partial charge on any atom is -0.370 e. The van der Waals surface area contributed by atoms with Crippen LogP contribution in [0.15, 0.2) is 18.3 Å². The van der Waals surface area contributed by atoms with E-state index in [2.05, 4.69) is 15.6 Å². The van der Waals surface area contributed by atoms with Crippen LogP contribution in [0.25, 0.3) is 0 Å². The van der Waals surface area contributed by atoms with Crippen molar-refractivity contribution in [2.24, 2.45) is 0 Å². The van der Waals surface area contributed by atoms with Gasteiger partial charge >= 0.3 is 6.03 Å². The van der Waals surface area contributed by atoms with Crippen LogP contribution in [0.1, 0.15) is 19.8 Å². The molecule has 5 nitrogen and oxygen atoms in total. The lowest BCUT2D eigenvalue weighted by atomic mass is 10.3. The summed E-state index contributed by atoms with van der Waals surface area (Å²) in [5.41, 5.74) is 0.796. The third kappa shape index (κ3) is 3.09. The number of urea groups is 1. The van der Waals surface area contributed by atoms with E-state index in [0.29, 0.717) is 6.04 Å². The number of nitrogens with zero attached hydrogens (tertiary/aromatic N) is 2. The molecule has 0 aromatic carbocycles. The number of hydrogen-bond donors (Lipinski definition) is 2. The van der Waals surface area contributed by atoms with Crippen molar-refractivity contribution in [3.05, 3.63) is 18.3 Å². The number of anilines is 2. The Morgan fingerprint density at radius 2 is 2.29 bits per heavy atom. The van der Waals surface area contributed by atoms with Gasteiger partial charge in [0, 0.05) is 19.6 Å². The Morgan fingerprint density at radius 1 is 1.53 bits per heavy atom. The molecule has 0 aliphatic heterocycles. The third-order valence-electron chi connectivity index (χ3n) is 2.70. The van der Waals surface area contributed by atoms with E-state index in [0.717, 1.165) is 30.9 Å². The minimum absolute atomic E-state index is 0.0644. The van der Waals surface area contributed by atoms with Crippen molar-refractivity contribution in [2.45, 2.75) is 25.8 Å². The van der Waals surface area contributed by atoms with Gasteiger partial charge in [-0.05, 0) is 31.9 Å². The van der Waals surface area contributed by atoms with Gasteiger partial charge in [-0.2, -0.15) is 0 Å². The van der Waals surface area contributed by atoms with Crippen LogP contribution < -0.4 is 15.5 Å². The van der Waals surface area contributed by atoms with Gasteiger partial charge in [-0.25, -0.2) is 9.78 Å². The molecule has 1 aliphatic rings. The van der Waals surface area contributed by atoms with Crippen LogP contribution >= 0.6 is 0 Å². The Morgan fingerprint density at radius 3 is 2.82 bits per heavy atom. The van der Waals surface area contributed by atoms with Gasteiger partial charge < -0.3 is 10.6 Å². The van der Waals surface area contributed by atoms with Crippen LogP contribution in [0.5, 0.6) is 0 Å². The average Bonchev–Trinajstić information content (AvgIpc) is 3.13. The second-order valence-electron chi connectivity index (χ2n) is 4.21. The molecule has 1 heterocycles. The van der Waals surface area contributed by atoms with Crippen LogP contribution in [-0.2, 0) is 0 Å². The molecule has 1 fully saturated rings. The normalized spacial score (nSPS) is 14.2. The Hall–Kier alpha value is -1.78. The smallest absolute Gasteiger partial charge is 0.321 e. The van der Waals surface area contributed by atoms with E-state index in [-0.39, 0.29) is 6.03 Å². The predicted molar refractivity (Wildman–Crippen MR) is 68.4 cm³/mol. The topological polar surface area (TPSA) is 57.3 Å². The van der Waals surface area contributed by atoms with Crippen LogP contribution in [0.2, 0.25) is 0 Å². The fraction of sp³-hybridized carbons (Fsp3) is 0.500. The maximum atomic E-state index is 11.8. The summed E-state index contributed by atoms with van der Waals surface area (Å²) in [4.78, 5) is 17.6. The summed E-state index contributed by atoms with van der Waals surface area (Å²) in [6.07, 6.45) is 3.89. The molecule has 2 N–H and O–H groups in total. The van der Waals surface area contributed by atoms with Crippen LogP contribution in [0, 0.1) is 0 Å². The van der Waals surface area contributed by atoms with E-state index in [1.807, 2.05) is 19.1 Å². The van der Waals surface area contributed by atoms with Gasteiger partial charge in [-0.1, -0.05) is 0 Å². The predicted octanol–water partition coefficient (Wildman–Crippen LogP) is 1.82. The van der Waals surface area contributed by atoms with Crippen molar-refractivity contribution < 1.29 is 4.79 Å². The number of pyridine rings is 1. The van der Waals surface area contributed by atoms with E-state index >= 15 is 0 Å². The zero-order chi connectivity index (χ0) is 12.3. The summed E-state index contributed by atoms with van der Waals surface area (Å²) >= 11 is 0. The van der Waals surface area contributed by atoms with Crippen molar-refractivity contribution in [3.63, 3.8) is 0 Å². The van der Waals surface area contributed by atoms with Crippen molar-refractivity contribution in [2.75, 3.05) is 23.8 Å². The number of aromatic nitrogens is 1. The molecule has 0 radical (unpaired) electrons. The molecule has 0 saturated heterocycles. The lowest BCUT2D eigenvalue weighted by Gasteiger charge is -2.17. The highest BCUT2D eigenvalue weighted by molar-refractivity contribution is 5.91. The van der Waals surface area contributed by atoms with Crippen LogP contribution in [0.3, 0.4) is 0 Å². The summed E-state index contributed by atoms with van der Waals surface area (Å²) in [7, 11) is 1.75. The van der Waals surface area contributed by atoms with Gasteiger partial charge in [-0.15, -0.1) is 0 Å². The number of carbonyl (C=O) groups is 1. The quantitative estimate of drug-likeness (QED) is 0.835. The maximum Gasteiger partial charge on any atom is 0.321 e. The second-order valence-corrected chi connectivity index (χ2v) is 4.21. The highest BCUT2D eigenvalue weighted by Crippen LogP contribution is 2.20. The molecule has 1 aromatic rings. The molecule has 2 amide bonds. The Kier molecular flexibility index (Phi) is 3.46. The van der Waals surface area contributed by atoms with Gasteiger partial charge in [0.1, 0.15) is 5.82 Å². The molecule has 0 spiro atoms. The van der Waals surface area contributed by atoms with E-state index in [4.69, 9.17) is 0 Å².